The fourth-order valence-corrected chi connectivity index (χ4v) is 3.09. The van der Waals surface area contributed by atoms with Crippen LogP contribution >= 0.6 is 0 Å². The molecule has 2 heterocycles. The van der Waals surface area contributed by atoms with E-state index in [1.807, 2.05) is 30.5 Å². The average Bonchev–Trinajstić information content (AvgIpc) is 2.90. The van der Waals surface area contributed by atoms with Gasteiger partial charge in [0.1, 0.15) is 5.75 Å². The lowest BCUT2D eigenvalue weighted by atomic mass is 9.98. The molecule has 0 radical (unpaired) electrons. The fourth-order valence-electron chi connectivity index (χ4n) is 3.09. The highest BCUT2D eigenvalue weighted by Gasteiger charge is 2.15. The van der Waals surface area contributed by atoms with Gasteiger partial charge in [0.15, 0.2) is 6.29 Å². The molecule has 0 aliphatic carbocycles. The Labute approximate surface area is 136 Å². The summed E-state index contributed by atoms with van der Waals surface area (Å²) >= 11 is 0. The normalized spacial score (nSPS) is 11.0. The first-order valence-corrected chi connectivity index (χ1v) is 7.87. The van der Waals surface area contributed by atoms with Crippen molar-refractivity contribution in [3.05, 3.63) is 58.9 Å². The molecule has 3 rings (SSSR count). The molecule has 3 heteroatoms. The molecule has 23 heavy (non-hydrogen) atoms. The van der Waals surface area contributed by atoms with E-state index >= 15 is 0 Å². The van der Waals surface area contributed by atoms with E-state index < -0.39 is 0 Å². The third kappa shape index (κ3) is 2.52. The third-order valence-corrected chi connectivity index (χ3v) is 4.29. The van der Waals surface area contributed by atoms with Gasteiger partial charge < -0.3 is 9.14 Å². The Morgan fingerprint density at radius 3 is 2.52 bits per heavy atom. The van der Waals surface area contributed by atoms with E-state index in [2.05, 4.69) is 38.1 Å². The number of aromatic nitrogens is 1. The quantitative estimate of drug-likeness (QED) is 0.652. The third-order valence-electron chi connectivity index (χ3n) is 4.29. The largest absolute Gasteiger partial charge is 0.494 e. The number of hydrogen-bond donors (Lipinski definition) is 0. The van der Waals surface area contributed by atoms with Crippen LogP contribution in [0.1, 0.15) is 34.1 Å². The molecule has 0 aliphatic heterocycles. The lowest BCUT2D eigenvalue weighted by Gasteiger charge is -2.12. The molecule has 118 valence electrons. The maximum absolute atomic E-state index is 11.7. The van der Waals surface area contributed by atoms with Crippen molar-refractivity contribution in [1.82, 2.24) is 4.40 Å². The molecule has 0 spiro atoms. The lowest BCUT2D eigenvalue weighted by molar-refractivity contribution is 0.111. The van der Waals surface area contributed by atoms with E-state index in [4.69, 9.17) is 4.74 Å². The number of aryl methyl sites for hydroxylation is 3. The number of rotatable bonds is 4. The number of ether oxygens (including phenoxy) is 1. The molecule has 0 bridgehead atoms. The topological polar surface area (TPSA) is 30.7 Å². The van der Waals surface area contributed by atoms with Crippen molar-refractivity contribution in [1.29, 1.82) is 0 Å². The fraction of sp³-hybridized carbons (Fsp3) is 0.250. The Bertz CT molecular complexity index is 890. The van der Waals surface area contributed by atoms with Crippen molar-refractivity contribution < 1.29 is 9.53 Å². The summed E-state index contributed by atoms with van der Waals surface area (Å²) in [6.45, 7) is 8.78. The van der Waals surface area contributed by atoms with Gasteiger partial charge in [-0.25, -0.2) is 0 Å². The number of nitrogens with zero attached hydrogens (tertiary/aromatic N) is 1. The molecule has 0 saturated heterocycles. The van der Waals surface area contributed by atoms with Gasteiger partial charge in [-0.15, -0.1) is 0 Å². The van der Waals surface area contributed by atoms with Crippen LogP contribution in [0.15, 0.2) is 36.5 Å². The highest BCUT2D eigenvalue weighted by Crippen LogP contribution is 2.34. The molecule has 0 fully saturated rings. The zero-order valence-corrected chi connectivity index (χ0v) is 14.0. The monoisotopic (exact) mass is 307 g/mol. The van der Waals surface area contributed by atoms with Crippen LogP contribution in [-0.4, -0.2) is 17.3 Å². The Kier molecular flexibility index (Phi) is 3.95. The molecule has 0 atom stereocenters. The number of carbonyl (C=O) groups is 1. The lowest BCUT2D eigenvalue weighted by Crippen LogP contribution is -1.97. The minimum Gasteiger partial charge on any atom is -0.494 e. The number of fused-ring (bicyclic) bond motifs is 1. The van der Waals surface area contributed by atoms with Crippen LogP contribution in [0.5, 0.6) is 5.75 Å². The first-order valence-electron chi connectivity index (χ1n) is 7.87. The van der Waals surface area contributed by atoms with Gasteiger partial charge in [0.05, 0.1) is 12.3 Å². The zero-order chi connectivity index (χ0) is 16.6. The van der Waals surface area contributed by atoms with Gasteiger partial charge in [-0.1, -0.05) is 6.07 Å². The average molecular weight is 307 g/mol. The molecule has 3 nitrogen and oxygen atoms in total. The Morgan fingerprint density at radius 1 is 1.04 bits per heavy atom. The summed E-state index contributed by atoms with van der Waals surface area (Å²) < 4.78 is 7.63. The van der Waals surface area contributed by atoms with Crippen molar-refractivity contribution >= 4 is 11.8 Å². The first kappa shape index (κ1) is 15.3. The highest BCUT2D eigenvalue weighted by atomic mass is 16.5. The van der Waals surface area contributed by atoms with Crippen molar-refractivity contribution in [2.75, 3.05) is 6.61 Å². The van der Waals surface area contributed by atoms with Gasteiger partial charge in [0, 0.05) is 17.3 Å². The van der Waals surface area contributed by atoms with Gasteiger partial charge in [0.25, 0.3) is 0 Å². The van der Waals surface area contributed by atoms with Gasteiger partial charge in [-0.3, -0.25) is 4.79 Å². The zero-order valence-electron chi connectivity index (χ0n) is 14.0. The summed E-state index contributed by atoms with van der Waals surface area (Å²) in [4.78, 5) is 11.7. The summed E-state index contributed by atoms with van der Waals surface area (Å²) in [7, 11) is 0. The molecule has 2 aromatic heterocycles. The van der Waals surface area contributed by atoms with Gasteiger partial charge >= 0.3 is 0 Å². The van der Waals surface area contributed by atoms with E-state index in [0.29, 0.717) is 12.3 Å². The number of hydrogen-bond acceptors (Lipinski definition) is 2. The van der Waals surface area contributed by atoms with Crippen LogP contribution in [0.4, 0.5) is 0 Å². The first-order chi connectivity index (χ1) is 11.1. The van der Waals surface area contributed by atoms with Crippen molar-refractivity contribution in [2.45, 2.75) is 27.7 Å². The summed E-state index contributed by atoms with van der Waals surface area (Å²) in [6.07, 6.45) is 2.87. The summed E-state index contributed by atoms with van der Waals surface area (Å²) in [5.74, 6) is 0.904. The number of pyridine rings is 1. The van der Waals surface area contributed by atoms with E-state index in [9.17, 15) is 4.79 Å². The summed E-state index contributed by atoms with van der Waals surface area (Å²) in [5, 5.41) is 0. The highest BCUT2D eigenvalue weighted by molar-refractivity contribution is 5.91. The number of benzene rings is 1. The molecular formula is C20H21NO2. The van der Waals surface area contributed by atoms with Crippen LogP contribution in [0, 0.1) is 20.8 Å². The van der Waals surface area contributed by atoms with Crippen LogP contribution in [0.2, 0.25) is 0 Å². The van der Waals surface area contributed by atoms with Crippen molar-refractivity contribution in [3.63, 3.8) is 0 Å². The Morgan fingerprint density at radius 2 is 1.83 bits per heavy atom. The Hall–Kier alpha value is -2.55. The molecule has 0 amide bonds. The van der Waals surface area contributed by atoms with E-state index in [-0.39, 0.29) is 0 Å². The molecular weight excluding hydrogens is 286 g/mol. The van der Waals surface area contributed by atoms with Crippen molar-refractivity contribution in [2.24, 2.45) is 0 Å². The maximum atomic E-state index is 11.7. The van der Waals surface area contributed by atoms with Crippen LogP contribution in [-0.2, 0) is 0 Å². The minimum atomic E-state index is 0.647. The van der Waals surface area contributed by atoms with E-state index in [1.54, 1.807) is 0 Å². The standard InChI is InChI=1S/C20H21NO2/c1-5-23-20-10-14(3)16(9-15(20)4)17-11-18-13(2)7-6-8-21(18)19(17)12-22/h6-12H,5H2,1-4H3. The predicted molar refractivity (Wildman–Crippen MR) is 93.6 cm³/mol. The Balaban J connectivity index is 2.27. The van der Waals surface area contributed by atoms with Gasteiger partial charge in [0.2, 0.25) is 0 Å². The molecule has 0 saturated carbocycles. The van der Waals surface area contributed by atoms with Crippen molar-refractivity contribution in [3.8, 4) is 16.9 Å². The maximum Gasteiger partial charge on any atom is 0.167 e. The predicted octanol–water partition coefficient (Wildman–Crippen LogP) is 4.74. The van der Waals surface area contributed by atoms with Crippen LogP contribution < -0.4 is 4.74 Å². The molecule has 0 aliphatic rings. The smallest absolute Gasteiger partial charge is 0.167 e. The summed E-state index contributed by atoms with van der Waals surface area (Å²) in [5.41, 5.74) is 7.15. The molecule has 0 unspecified atom stereocenters. The van der Waals surface area contributed by atoms with Crippen LogP contribution in [0.25, 0.3) is 16.6 Å². The SMILES string of the molecule is CCOc1cc(C)c(-c2cc3c(C)cccn3c2C=O)cc1C. The second-order valence-corrected chi connectivity index (χ2v) is 5.87. The van der Waals surface area contributed by atoms with E-state index in [0.717, 1.165) is 45.4 Å². The van der Waals surface area contributed by atoms with Crippen LogP contribution in [0.3, 0.4) is 0 Å². The molecule has 0 N–H and O–H groups in total. The minimum absolute atomic E-state index is 0.647. The number of carbonyl (C=O) groups excluding carboxylic acids is 1. The van der Waals surface area contributed by atoms with E-state index in [1.165, 1.54) is 0 Å². The second-order valence-electron chi connectivity index (χ2n) is 5.87. The second kappa shape index (κ2) is 5.92. The molecule has 3 aromatic rings. The van der Waals surface area contributed by atoms with Gasteiger partial charge in [-0.2, -0.15) is 0 Å². The molecule has 1 aromatic carbocycles. The summed E-state index contributed by atoms with van der Waals surface area (Å²) in [6, 6.07) is 10.3. The van der Waals surface area contributed by atoms with Gasteiger partial charge in [-0.05, 0) is 74.2 Å². The number of aldehydes is 1.